The lowest BCUT2D eigenvalue weighted by atomic mass is 9.76. The van der Waals surface area contributed by atoms with Gasteiger partial charge in [0.2, 0.25) is 5.60 Å². The Labute approximate surface area is 135 Å². The molecule has 118 valence electrons. The number of ether oxygens (including phenoxy) is 1. The number of carbonyl (C=O) groups is 1. The third kappa shape index (κ3) is 2.50. The molecule has 0 heterocycles. The summed E-state index contributed by atoms with van der Waals surface area (Å²) >= 11 is 6.11. The van der Waals surface area contributed by atoms with Crippen LogP contribution in [0, 0.1) is 5.41 Å². The lowest BCUT2D eigenvalue weighted by molar-refractivity contribution is -0.147. The summed E-state index contributed by atoms with van der Waals surface area (Å²) < 4.78 is 5.92. The summed E-state index contributed by atoms with van der Waals surface area (Å²) in [4.78, 5) is 11.4. The minimum Gasteiger partial charge on any atom is -0.478 e. The van der Waals surface area contributed by atoms with Gasteiger partial charge in [0.15, 0.2) is 0 Å². The Hall–Kier alpha value is -1.22. The van der Waals surface area contributed by atoms with Gasteiger partial charge in [0.1, 0.15) is 5.75 Å². The molecule has 1 aromatic carbocycles. The second-order valence-electron chi connectivity index (χ2n) is 7.36. The van der Waals surface area contributed by atoms with Crippen molar-refractivity contribution in [1.82, 2.24) is 0 Å². The number of rotatable bonds is 4. The van der Waals surface area contributed by atoms with Gasteiger partial charge in [0.25, 0.3) is 0 Å². The van der Waals surface area contributed by atoms with Crippen LogP contribution >= 0.6 is 11.6 Å². The summed E-state index contributed by atoms with van der Waals surface area (Å²) in [5.74, 6) is 0.297. The highest BCUT2D eigenvalue weighted by Crippen LogP contribution is 2.59. The predicted molar refractivity (Wildman–Crippen MR) is 84.6 cm³/mol. The van der Waals surface area contributed by atoms with Crippen molar-refractivity contribution in [2.75, 3.05) is 0 Å². The third-order valence-electron chi connectivity index (χ3n) is 5.82. The van der Waals surface area contributed by atoms with E-state index < -0.39 is 11.6 Å². The fourth-order valence-corrected chi connectivity index (χ4v) is 4.00. The van der Waals surface area contributed by atoms with Crippen LogP contribution in [0.3, 0.4) is 0 Å². The fraction of sp³-hybridized carbons (Fsp3) is 0.611. The lowest BCUT2D eigenvalue weighted by Gasteiger charge is -2.30. The van der Waals surface area contributed by atoms with Crippen molar-refractivity contribution in [2.45, 2.75) is 62.9 Å². The zero-order valence-electron chi connectivity index (χ0n) is 12.6. The van der Waals surface area contributed by atoms with Gasteiger partial charge in [-0.25, -0.2) is 4.79 Å². The van der Waals surface area contributed by atoms with Crippen LogP contribution < -0.4 is 4.74 Å². The molecule has 0 aromatic heterocycles. The van der Waals surface area contributed by atoms with Gasteiger partial charge in [0, 0.05) is 17.9 Å². The van der Waals surface area contributed by atoms with Gasteiger partial charge < -0.3 is 9.84 Å². The van der Waals surface area contributed by atoms with Crippen molar-refractivity contribution >= 4 is 17.6 Å². The molecule has 3 saturated carbocycles. The van der Waals surface area contributed by atoms with Crippen molar-refractivity contribution < 1.29 is 14.6 Å². The zero-order chi connectivity index (χ0) is 15.4. The zero-order valence-corrected chi connectivity index (χ0v) is 13.4. The van der Waals surface area contributed by atoms with E-state index in [1.54, 1.807) is 6.07 Å². The average molecular weight is 321 g/mol. The van der Waals surface area contributed by atoms with E-state index in [1.807, 2.05) is 12.1 Å². The Morgan fingerprint density at radius 1 is 1.14 bits per heavy atom. The molecule has 0 unspecified atom stereocenters. The third-order valence-corrected chi connectivity index (χ3v) is 6.05. The molecule has 4 rings (SSSR count). The molecule has 3 fully saturated rings. The first-order chi connectivity index (χ1) is 10.5. The Bertz CT molecular complexity index is 607. The van der Waals surface area contributed by atoms with E-state index in [0.717, 1.165) is 5.56 Å². The van der Waals surface area contributed by atoms with Gasteiger partial charge in [-0.2, -0.15) is 0 Å². The first-order valence-corrected chi connectivity index (χ1v) is 8.62. The first-order valence-electron chi connectivity index (χ1n) is 8.24. The van der Waals surface area contributed by atoms with E-state index >= 15 is 0 Å². The van der Waals surface area contributed by atoms with Crippen molar-refractivity contribution in [3.05, 3.63) is 28.8 Å². The molecule has 0 radical (unpaired) electrons. The minimum atomic E-state index is -1.01. The smallest absolute Gasteiger partial charge is 0.348 e. The van der Waals surface area contributed by atoms with Gasteiger partial charge in [-0.3, -0.25) is 0 Å². The Morgan fingerprint density at radius 2 is 1.82 bits per heavy atom. The fourth-order valence-electron chi connectivity index (χ4n) is 3.84. The minimum absolute atomic E-state index is 0.475. The summed E-state index contributed by atoms with van der Waals surface area (Å²) in [5.41, 5.74) is 0.793. The highest BCUT2D eigenvalue weighted by atomic mass is 35.5. The number of benzene rings is 1. The summed E-state index contributed by atoms with van der Waals surface area (Å²) in [6.07, 6.45) is 8.91. The number of hydrogen-bond acceptors (Lipinski definition) is 2. The Kier molecular flexibility index (Phi) is 3.19. The van der Waals surface area contributed by atoms with E-state index in [-0.39, 0.29) is 0 Å². The molecule has 4 heteroatoms. The molecular formula is C18H21ClO3. The van der Waals surface area contributed by atoms with Crippen LogP contribution in [-0.4, -0.2) is 16.7 Å². The highest BCUT2D eigenvalue weighted by molar-refractivity contribution is 6.30. The molecule has 22 heavy (non-hydrogen) atoms. The molecular weight excluding hydrogens is 300 g/mol. The van der Waals surface area contributed by atoms with Crippen LogP contribution in [-0.2, 0) is 4.79 Å². The van der Waals surface area contributed by atoms with Crippen LogP contribution in [0.1, 0.15) is 62.8 Å². The molecule has 3 nitrogen and oxygen atoms in total. The molecule has 0 bridgehead atoms. The van der Waals surface area contributed by atoms with Gasteiger partial charge in [0.05, 0.1) is 0 Å². The molecule has 3 aliphatic carbocycles. The number of aliphatic carboxylic acids is 1. The van der Waals surface area contributed by atoms with Crippen LogP contribution in [0.5, 0.6) is 5.75 Å². The summed E-state index contributed by atoms with van der Waals surface area (Å²) in [6, 6.07) is 5.72. The van der Waals surface area contributed by atoms with Gasteiger partial charge >= 0.3 is 5.97 Å². The summed E-state index contributed by atoms with van der Waals surface area (Å²) in [5, 5.41) is 9.96. The molecule has 1 spiro atoms. The molecule has 0 amide bonds. The topological polar surface area (TPSA) is 46.5 Å². The molecule has 3 aliphatic rings. The Balaban J connectivity index is 1.58. The van der Waals surface area contributed by atoms with Crippen LogP contribution in [0.4, 0.5) is 0 Å². The molecule has 1 aromatic rings. The first kappa shape index (κ1) is 14.4. The quantitative estimate of drug-likeness (QED) is 0.869. The van der Waals surface area contributed by atoms with Crippen LogP contribution in [0.15, 0.2) is 18.2 Å². The second-order valence-corrected chi connectivity index (χ2v) is 7.79. The normalized spacial score (nSPS) is 25.0. The van der Waals surface area contributed by atoms with Gasteiger partial charge in [-0.05, 0) is 67.6 Å². The largest absolute Gasteiger partial charge is 0.478 e. The highest BCUT2D eigenvalue weighted by Gasteiger charge is 2.54. The van der Waals surface area contributed by atoms with Crippen LogP contribution in [0.2, 0.25) is 5.02 Å². The predicted octanol–water partition coefficient (Wildman–Crippen LogP) is 4.77. The number of hydrogen-bond donors (Lipinski definition) is 1. The van der Waals surface area contributed by atoms with E-state index in [1.165, 1.54) is 38.5 Å². The second kappa shape index (κ2) is 4.89. The van der Waals surface area contributed by atoms with E-state index in [0.29, 0.717) is 34.9 Å². The molecule has 1 N–H and O–H groups in total. The molecule has 0 aliphatic heterocycles. The standard InChI is InChI=1S/C18H21ClO3/c19-13-1-2-14(12-3-5-17(6-4-12)7-8-17)15(11-13)22-18(9-10-18)16(20)21/h1-2,11-12H,3-10H2,(H,20,21). The van der Waals surface area contributed by atoms with Gasteiger partial charge in [-0.15, -0.1) is 0 Å². The lowest BCUT2D eigenvalue weighted by Crippen LogP contribution is -2.29. The maximum atomic E-state index is 11.4. The average Bonchev–Trinajstić information content (AvgIpc) is 3.39. The number of carboxylic acids is 1. The van der Waals surface area contributed by atoms with E-state index in [9.17, 15) is 9.90 Å². The van der Waals surface area contributed by atoms with E-state index in [2.05, 4.69) is 0 Å². The van der Waals surface area contributed by atoms with Crippen molar-refractivity contribution in [2.24, 2.45) is 5.41 Å². The monoisotopic (exact) mass is 320 g/mol. The summed E-state index contributed by atoms with van der Waals surface area (Å²) in [7, 11) is 0. The Morgan fingerprint density at radius 3 is 2.36 bits per heavy atom. The molecule has 0 atom stereocenters. The number of carboxylic acid groups (broad SMARTS) is 1. The van der Waals surface area contributed by atoms with E-state index in [4.69, 9.17) is 16.3 Å². The SMILES string of the molecule is O=C(O)C1(Oc2cc(Cl)ccc2C2CCC3(CC2)CC3)CC1. The summed E-state index contributed by atoms with van der Waals surface area (Å²) in [6.45, 7) is 0. The maximum Gasteiger partial charge on any atom is 0.348 e. The maximum absolute atomic E-state index is 11.4. The van der Waals surface area contributed by atoms with Gasteiger partial charge in [-0.1, -0.05) is 17.7 Å². The van der Waals surface area contributed by atoms with Crippen LogP contribution in [0.25, 0.3) is 0 Å². The molecule has 0 saturated heterocycles. The number of halogens is 1. The van der Waals surface area contributed by atoms with Crippen molar-refractivity contribution in [3.63, 3.8) is 0 Å². The van der Waals surface area contributed by atoms with Crippen molar-refractivity contribution in [3.8, 4) is 5.75 Å². The van der Waals surface area contributed by atoms with Crippen molar-refractivity contribution in [1.29, 1.82) is 0 Å².